The number of halogens is 4. The van der Waals surface area contributed by atoms with Crippen molar-refractivity contribution >= 4 is 41.3 Å². The lowest BCUT2D eigenvalue weighted by molar-refractivity contribution is -0.272. The Bertz CT molecular complexity index is 819. The number of hydrogen-bond donors (Lipinski definition) is 3. The van der Waals surface area contributed by atoms with Crippen LogP contribution in [0.4, 0.5) is 13.2 Å². The highest BCUT2D eigenvalue weighted by molar-refractivity contribution is 14.0. The number of aryl methyl sites for hydroxylation is 3. The zero-order chi connectivity index (χ0) is 21.7. The third-order valence-corrected chi connectivity index (χ3v) is 5.58. The third kappa shape index (κ3) is 6.54. The van der Waals surface area contributed by atoms with Crippen LogP contribution in [0.1, 0.15) is 34.7 Å². The smallest absolute Gasteiger partial charge is 0.374 e. The largest absolute Gasteiger partial charge is 0.424 e. The van der Waals surface area contributed by atoms with Crippen LogP contribution in [0.5, 0.6) is 0 Å². The molecule has 12 heteroatoms. The van der Waals surface area contributed by atoms with Crippen LogP contribution in [-0.4, -0.2) is 51.4 Å². The molecule has 1 atom stereocenters. The summed E-state index contributed by atoms with van der Waals surface area (Å²) in [5.74, 6) is -0.0606. The summed E-state index contributed by atoms with van der Waals surface area (Å²) in [6.07, 6.45) is -2.23. The standard InChI is InChI=1S/C18H27F3N6OS.HI/c1-5-22-16(24-8-6-14-26-12(2)13(3)29-14)25-9-7-17(28,18(19,20)21)15-23-10-11-27(15)4;/h10-11,28H,5-9H2,1-4H3,(H2,22,24,25);1H. The van der Waals surface area contributed by atoms with Gasteiger partial charge in [0.25, 0.3) is 0 Å². The summed E-state index contributed by atoms with van der Waals surface area (Å²) in [4.78, 5) is 13.5. The number of nitrogens with zero attached hydrogens (tertiary/aromatic N) is 4. The molecule has 0 fully saturated rings. The van der Waals surface area contributed by atoms with Gasteiger partial charge in [-0.25, -0.2) is 9.97 Å². The fourth-order valence-corrected chi connectivity index (χ4v) is 3.68. The molecule has 2 rings (SSSR count). The first-order valence-corrected chi connectivity index (χ1v) is 10.1. The van der Waals surface area contributed by atoms with Crippen LogP contribution < -0.4 is 10.6 Å². The summed E-state index contributed by atoms with van der Waals surface area (Å²) in [7, 11) is 1.41. The number of rotatable bonds is 8. The molecule has 0 aliphatic carbocycles. The molecule has 2 heterocycles. The van der Waals surface area contributed by atoms with E-state index >= 15 is 0 Å². The molecule has 0 aliphatic rings. The maximum absolute atomic E-state index is 13.6. The minimum Gasteiger partial charge on any atom is -0.374 e. The van der Waals surface area contributed by atoms with Crippen molar-refractivity contribution in [3.05, 3.63) is 33.8 Å². The first kappa shape index (κ1) is 26.6. The normalized spacial score (nSPS) is 14.2. The van der Waals surface area contributed by atoms with Crippen molar-refractivity contribution in [3.63, 3.8) is 0 Å². The van der Waals surface area contributed by atoms with Crippen LogP contribution in [0.15, 0.2) is 17.4 Å². The zero-order valence-electron chi connectivity index (χ0n) is 17.4. The Kier molecular flexibility index (Phi) is 10.0. The zero-order valence-corrected chi connectivity index (χ0v) is 20.5. The molecule has 1 unspecified atom stereocenters. The molecule has 0 saturated heterocycles. The maximum Gasteiger partial charge on any atom is 0.424 e. The molecule has 170 valence electrons. The van der Waals surface area contributed by atoms with Crippen LogP contribution in [0.25, 0.3) is 0 Å². The van der Waals surface area contributed by atoms with Gasteiger partial charge in [0.05, 0.1) is 10.7 Å². The minimum absolute atomic E-state index is 0. The van der Waals surface area contributed by atoms with Crippen molar-refractivity contribution in [2.45, 2.75) is 45.4 Å². The fraction of sp³-hybridized carbons (Fsp3) is 0.611. The van der Waals surface area contributed by atoms with Gasteiger partial charge in [-0.15, -0.1) is 35.3 Å². The molecular formula is C18H28F3IN6OS. The summed E-state index contributed by atoms with van der Waals surface area (Å²) >= 11 is 1.62. The summed E-state index contributed by atoms with van der Waals surface area (Å²) in [5, 5.41) is 17.4. The van der Waals surface area contributed by atoms with E-state index in [9.17, 15) is 18.3 Å². The lowest BCUT2D eigenvalue weighted by Gasteiger charge is -2.29. The van der Waals surface area contributed by atoms with Gasteiger partial charge in [0.15, 0.2) is 5.96 Å². The molecule has 7 nitrogen and oxygen atoms in total. The van der Waals surface area contributed by atoms with Gasteiger partial charge in [-0.1, -0.05) is 0 Å². The Morgan fingerprint density at radius 1 is 1.30 bits per heavy atom. The van der Waals surface area contributed by atoms with Gasteiger partial charge in [0.2, 0.25) is 5.60 Å². The average molecular weight is 560 g/mol. The number of guanidine groups is 1. The number of hydrogen-bond acceptors (Lipinski definition) is 5. The summed E-state index contributed by atoms with van der Waals surface area (Å²) in [6.45, 7) is 6.71. The molecule has 3 N–H and O–H groups in total. The van der Waals surface area contributed by atoms with E-state index in [1.54, 1.807) is 11.3 Å². The number of aliphatic imine (C=N–C) groups is 1. The summed E-state index contributed by atoms with van der Waals surface area (Å²) in [5.41, 5.74) is -2.06. The van der Waals surface area contributed by atoms with Crippen molar-refractivity contribution in [3.8, 4) is 0 Å². The van der Waals surface area contributed by atoms with E-state index in [1.807, 2.05) is 20.8 Å². The molecule has 0 bridgehead atoms. The van der Waals surface area contributed by atoms with Gasteiger partial charge in [-0.05, 0) is 20.8 Å². The molecule has 0 spiro atoms. The molecule has 0 saturated carbocycles. The molecule has 0 radical (unpaired) electrons. The van der Waals surface area contributed by atoms with Crippen LogP contribution in [0, 0.1) is 13.8 Å². The molecule has 0 aliphatic heterocycles. The summed E-state index contributed by atoms with van der Waals surface area (Å²) in [6, 6.07) is 0. The van der Waals surface area contributed by atoms with Gasteiger partial charge in [-0.2, -0.15) is 13.2 Å². The Hall–Kier alpha value is -1.41. The van der Waals surface area contributed by atoms with E-state index in [1.165, 1.54) is 28.9 Å². The van der Waals surface area contributed by atoms with Crippen molar-refractivity contribution in [1.29, 1.82) is 0 Å². The molecule has 0 amide bonds. The first-order chi connectivity index (χ1) is 13.6. The van der Waals surface area contributed by atoms with E-state index in [4.69, 9.17) is 0 Å². The number of nitrogens with one attached hydrogen (secondary N) is 2. The highest BCUT2D eigenvalue weighted by atomic mass is 127. The van der Waals surface area contributed by atoms with Crippen molar-refractivity contribution in [1.82, 2.24) is 25.2 Å². The Morgan fingerprint density at radius 3 is 2.50 bits per heavy atom. The Balaban J connectivity index is 0.00000450. The Morgan fingerprint density at radius 2 is 2.00 bits per heavy atom. The molecular weight excluding hydrogens is 532 g/mol. The van der Waals surface area contributed by atoms with E-state index in [-0.39, 0.29) is 30.5 Å². The number of alkyl halides is 3. The number of aliphatic hydroxyl groups is 1. The minimum atomic E-state index is -4.87. The second-order valence-electron chi connectivity index (χ2n) is 6.66. The van der Waals surface area contributed by atoms with E-state index < -0.39 is 24.0 Å². The van der Waals surface area contributed by atoms with Crippen LogP contribution in [0.3, 0.4) is 0 Å². The van der Waals surface area contributed by atoms with E-state index in [2.05, 4.69) is 25.6 Å². The van der Waals surface area contributed by atoms with E-state index in [0.717, 1.165) is 10.7 Å². The molecule has 0 aromatic carbocycles. The topological polar surface area (TPSA) is 87.4 Å². The fourth-order valence-electron chi connectivity index (χ4n) is 2.75. The lowest BCUT2D eigenvalue weighted by Crippen LogP contribution is -2.45. The second-order valence-corrected chi connectivity index (χ2v) is 7.94. The van der Waals surface area contributed by atoms with Crippen molar-refractivity contribution in [2.24, 2.45) is 12.0 Å². The van der Waals surface area contributed by atoms with Gasteiger partial charge in [0, 0.05) is 56.8 Å². The van der Waals surface area contributed by atoms with Gasteiger partial charge >= 0.3 is 6.18 Å². The monoisotopic (exact) mass is 560 g/mol. The van der Waals surface area contributed by atoms with E-state index in [0.29, 0.717) is 25.5 Å². The predicted octanol–water partition coefficient (Wildman–Crippen LogP) is 3.05. The lowest BCUT2D eigenvalue weighted by atomic mass is 9.98. The maximum atomic E-state index is 13.6. The number of thiazole rings is 1. The van der Waals surface area contributed by atoms with Crippen molar-refractivity contribution < 1.29 is 18.3 Å². The summed E-state index contributed by atoms with van der Waals surface area (Å²) < 4.78 is 41.8. The van der Waals surface area contributed by atoms with Gasteiger partial charge in [0.1, 0.15) is 5.82 Å². The number of imidazole rings is 1. The SMILES string of the molecule is CCNC(=NCCC(O)(c1nccn1C)C(F)(F)F)NCCc1nc(C)c(C)s1.I. The van der Waals surface area contributed by atoms with Crippen molar-refractivity contribution in [2.75, 3.05) is 19.6 Å². The third-order valence-electron chi connectivity index (χ3n) is 4.45. The molecule has 30 heavy (non-hydrogen) atoms. The average Bonchev–Trinajstić information content (AvgIpc) is 3.19. The predicted molar refractivity (Wildman–Crippen MR) is 122 cm³/mol. The quantitative estimate of drug-likeness (QED) is 0.263. The van der Waals surface area contributed by atoms with Gasteiger partial charge < -0.3 is 20.3 Å². The van der Waals surface area contributed by atoms with Crippen LogP contribution in [0.2, 0.25) is 0 Å². The molecule has 2 aromatic heterocycles. The Labute approximate surface area is 195 Å². The van der Waals surface area contributed by atoms with Crippen LogP contribution in [-0.2, 0) is 19.1 Å². The number of aromatic nitrogens is 3. The second kappa shape index (κ2) is 11.3. The highest BCUT2D eigenvalue weighted by Gasteiger charge is 2.57. The first-order valence-electron chi connectivity index (χ1n) is 9.30. The molecule has 2 aromatic rings. The highest BCUT2D eigenvalue weighted by Crippen LogP contribution is 2.40. The van der Waals surface area contributed by atoms with Crippen LogP contribution >= 0.6 is 35.3 Å². The van der Waals surface area contributed by atoms with Gasteiger partial charge in [-0.3, -0.25) is 4.99 Å².